The smallest absolute Gasteiger partial charge is 0.168 e. The minimum absolute atomic E-state index is 0.00262. The number of rotatable bonds is 5. The van der Waals surface area contributed by atoms with Crippen molar-refractivity contribution in [3.05, 3.63) is 56.5 Å². The molecule has 5 heteroatoms. The number of ketones is 1. The van der Waals surface area contributed by atoms with Gasteiger partial charge in [0.05, 0.1) is 14.2 Å². The normalized spacial score (nSPS) is 10.3. The number of carbonyl (C=O) groups is 1. The van der Waals surface area contributed by atoms with E-state index in [9.17, 15) is 4.79 Å². The van der Waals surface area contributed by atoms with Gasteiger partial charge in [0.1, 0.15) is 11.5 Å². The van der Waals surface area contributed by atoms with Crippen LogP contribution in [-0.2, 0) is 6.42 Å². The highest BCUT2D eigenvalue weighted by molar-refractivity contribution is 9.10. The third-order valence-corrected chi connectivity index (χ3v) is 4.25. The van der Waals surface area contributed by atoms with Crippen LogP contribution in [0, 0.1) is 0 Å². The molecule has 3 nitrogen and oxygen atoms in total. The van der Waals surface area contributed by atoms with Crippen LogP contribution in [0.15, 0.2) is 45.3 Å². The van der Waals surface area contributed by atoms with Crippen molar-refractivity contribution < 1.29 is 14.3 Å². The average molecular weight is 414 g/mol. The van der Waals surface area contributed by atoms with Gasteiger partial charge in [-0.05, 0) is 36.4 Å². The molecule has 2 rings (SSSR count). The van der Waals surface area contributed by atoms with Gasteiger partial charge in [-0.2, -0.15) is 0 Å². The molecule has 0 aliphatic carbocycles. The van der Waals surface area contributed by atoms with Crippen LogP contribution < -0.4 is 9.47 Å². The van der Waals surface area contributed by atoms with Crippen LogP contribution >= 0.6 is 31.9 Å². The molecule has 0 radical (unpaired) electrons. The number of Topliss-reactive ketones (excluding diaryl/α,β-unsaturated/α-hetero) is 1. The third kappa shape index (κ3) is 3.86. The highest BCUT2D eigenvalue weighted by Crippen LogP contribution is 2.27. The average Bonchev–Trinajstić information content (AvgIpc) is 2.48. The fourth-order valence-corrected chi connectivity index (χ4v) is 2.87. The quantitative estimate of drug-likeness (QED) is 0.669. The van der Waals surface area contributed by atoms with Gasteiger partial charge in [0, 0.05) is 26.5 Å². The van der Waals surface area contributed by atoms with Crippen LogP contribution in [0.5, 0.6) is 11.5 Å². The summed E-state index contributed by atoms with van der Waals surface area (Å²) in [5.74, 6) is 1.35. The zero-order chi connectivity index (χ0) is 15.4. The van der Waals surface area contributed by atoms with Gasteiger partial charge in [0.25, 0.3) is 0 Å². The molecule has 0 aliphatic rings. The Hall–Kier alpha value is -1.33. The second-order valence-corrected chi connectivity index (χ2v) is 6.17. The second-order valence-electron chi connectivity index (χ2n) is 4.40. The molecule has 0 aliphatic heterocycles. The number of hydrogen-bond donors (Lipinski definition) is 0. The first-order chi connectivity index (χ1) is 10.0. The lowest BCUT2D eigenvalue weighted by atomic mass is 10.0. The third-order valence-electron chi connectivity index (χ3n) is 3.07. The van der Waals surface area contributed by atoms with Crippen LogP contribution in [0.3, 0.4) is 0 Å². The van der Waals surface area contributed by atoms with E-state index in [1.165, 1.54) is 0 Å². The monoisotopic (exact) mass is 412 g/mol. The Balaban J connectivity index is 2.32. The summed E-state index contributed by atoms with van der Waals surface area (Å²) >= 11 is 6.82. The predicted octanol–water partition coefficient (Wildman–Crippen LogP) is 4.65. The number of benzene rings is 2. The summed E-state index contributed by atoms with van der Waals surface area (Å²) in [6.45, 7) is 0. The summed E-state index contributed by atoms with van der Waals surface area (Å²) < 4.78 is 12.1. The van der Waals surface area contributed by atoms with Crippen molar-refractivity contribution in [1.82, 2.24) is 0 Å². The molecule has 110 valence electrons. The molecule has 0 spiro atoms. The first-order valence-electron chi connectivity index (χ1n) is 6.24. The first-order valence-corrected chi connectivity index (χ1v) is 7.83. The minimum Gasteiger partial charge on any atom is -0.497 e. The first kappa shape index (κ1) is 16.0. The van der Waals surface area contributed by atoms with Crippen molar-refractivity contribution in [2.45, 2.75) is 6.42 Å². The summed E-state index contributed by atoms with van der Waals surface area (Å²) in [6.07, 6.45) is 0.258. The SMILES string of the molecule is COc1ccc(Br)c(C(=O)Cc2cc(Br)ccc2OC)c1. The lowest BCUT2D eigenvalue weighted by molar-refractivity contribution is 0.0991. The Kier molecular flexibility index (Phi) is 5.42. The fourth-order valence-electron chi connectivity index (χ4n) is 2.00. The predicted molar refractivity (Wildman–Crippen MR) is 89.4 cm³/mol. The zero-order valence-electron chi connectivity index (χ0n) is 11.7. The molecular formula is C16H14Br2O3. The van der Waals surface area contributed by atoms with Gasteiger partial charge in [-0.3, -0.25) is 4.79 Å². The number of halogens is 2. The van der Waals surface area contributed by atoms with Crippen molar-refractivity contribution in [3.8, 4) is 11.5 Å². The van der Waals surface area contributed by atoms with Crippen molar-refractivity contribution in [2.24, 2.45) is 0 Å². The number of methoxy groups -OCH3 is 2. The molecule has 0 saturated heterocycles. The molecule has 0 saturated carbocycles. The van der Waals surface area contributed by atoms with E-state index < -0.39 is 0 Å². The van der Waals surface area contributed by atoms with Crippen LogP contribution in [0.2, 0.25) is 0 Å². The van der Waals surface area contributed by atoms with E-state index >= 15 is 0 Å². The largest absolute Gasteiger partial charge is 0.497 e. The van der Waals surface area contributed by atoms with Gasteiger partial charge < -0.3 is 9.47 Å². The van der Waals surface area contributed by atoms with Crippen molar-refractivity contribution >= 4 is 37.6 Å². The fraction of sp³-hybridized carbons (Fsp3) is 0.188. The standard InChI is InChI=1S/C16H14Br2O3/c1-20-12-4-5-14(18)13(9-12)15(19)8-10-7-11(17)3-6-16(10)21-2/h3-7,9H,8H2,1-2H3. The molecule has 0 heterocycles. The number of carbonyl (C=O) groups excluding carboxylic acids is 1. The summed E-state index contributed by atoms with van der Waals surface area (Å²) in [4.78, 5) is 12.5. The van der Waals surface area contributed by atoms with Gasteiger partial charge in [-0.1, -0.05) is 31.9 Å². The number of hydrogen-bond acceptors (Lipinski definition) is 3. The maximum absolute atomic E-state index is 12.5. The Labute approximate surface area is 140 Å². The molecule has 0 aromatic heterocycles. The van der Waals surface area contributed by atoms with E-state index in [-0.39, 0.29) is 12.2 Å². The zero-order valence-corrected chi connectivity index (χ0v) is 14.8. The van der Waals surface area contributed by atoms with Gasteiger partial charge in [0.2, 0.25) is 0 Å². The molecule has 0 atom stereocenters. The lowest BCUT2D eigenvalue weighted by Crippen LogP contribution is -2.06. The topological polar surface area (TPSA) is 35.5 Å². The lowest BCUT2D eigenvalue weighted by Gasteiger charge is -2.10. The molecule has 0 unspecified atom stereocenters. The summed E-state index contributed by atoms with van der Waals surface area (Å²) in [5.41, 5.74) is 1.43. The Morgan fingerprint density at radius 3 is 2.48 bits per heavy atom. The molecule has 0 bridgehead atoms. The molecular weight excluding hydrogens is 400 g/mol. The van der Waals surface area contributed by atoms with Crippen LogP contribution in [-0.4, -0.2) is 20.0 Å². The molecule has 21 heavy (non-hydrogen) atoms. The summed E-state index contributed by atoms with van der Waals surface area (Å²) in [5, 5.41) is 0. The van der Waals surface area contributed by atoms with Crippen LogP contribution in [0.25, 0.3) is 0 Å². The van der Waals surface area contributed by atoms with Crippen molar-refractivity contribution in [1.29, 1.82) is 0 Å². The van der Waals surface area contributed by atoms with E-state index in [1.54, 1.807) is 26.4 Å². The number of ether oxygens (including phenoxy) is 2. The highest BCUT2D eigenvalue weighted by atomic mass is 79.9. The summed E-state index contributed by atoms with van der Waals surface area (Å²) in [6, 6.07) is 11.0. The van der Waals surface area contributed by atoms with Crippen molar-refractivity contribution in [2.75, 3.05) is 14.2 Å². The van der Waals surface area contributed by atoms with E-state index in [0.717, 1.165) is 14.5 Å². The van der Waals surface area contributed by atoms with Crippen LogP contribution in [0.1, 0.15) is 15.9 Å². The van der Waals surface area contributed by atoms with Gasteiger partial charge in [-0.25, -0.2) is 0 Å². The Morgan fingerprint density at radius 2 is 1.81 bits per heavy atom. The van der Waals surface area contributed by atoms with Gasteiger partial charge >= 0.3 is 0 Å². The molecule has 2 aromatic rings. The minimum atomic E-state index is -0.00262. The molecule has 0 N–H and O–H groups in total. The van der Waals surface area contributed by atoms with Gasteiger partial charge in [-0.15, -0.1) is 0 Å². The Morgan fingerprint density at radius 1 is 1.05 bits per heavy atom. The molecule has 0 fully saturated rings. The second kappa shape index (κ2) is 7.09. The molecule has 0 amide bonds. The van der Waals surface area contributed by atoms with Crippen molar-refractivity contribution in [3.63, 3.8) is 0 Å². The summed E-state index contributed by atoms with van der Waals surface area (Å²) in [7, 11) is 3.17. The highest BCUT2D eigenvalue weighted by Gasteiger charge is 2.15. The van der Waals surface area contributed by atoms with E-state index in [2.05, 4.69) is 31.9 Å². The van der Waals surface area contributed by atoms with E-state index in [4.69, 9.17) is 9.47 Å². The van der Waals surface area contributed by atoms with E-state index in [0.29, 0.717) is 17.1 Å². The maximum atomic E-state index is 12.5. The van der Waals surface area contributed by atoms with Gasteiger partial charge in [0.15, 0.2) is 5.78 Å². The van der Waals surface area contributed by atoms with E-state index in [1.807, 2.05) is 24.3 Å². The van der Waals surface area contributed by atoms with Crippen LogP contribution in [0.4, 0.5) is 0 Å². The molecule has 2 aromatic carbocycles. The maximum Gasteiger partial charge on any atom is 0.168 e. The Bertz CT molecular complexity index is 669.